The molecule has 34 heavy (non-hydrogen) atoms. The molecule has 2 aromatic heterocycles. The Bertz CT molecular complexity index is 1260. The second-order valence-corrected chi connectivity index (χ2v) is 11.0. The number of hydrogen-bond donors (Lipinski definition) is 1. The maximum atomic E-state index is 13.2. The first-order chi connectivity index (χ1) is 16.5. The predicted molar refractivity (Wildman–Crippen MR) is 142 cm³/mol. The molecule has 0 spiro atoms. The van der Waals surface area contributed by atoms with Gasteiger partial charge in [0, 0.05) is 27.7 Å². The number of aromatic nitrogens is 1. The summed E-state index contributed by atoms with van der Waals surface area (Å²) in [5.41, 5.74) is 3.25. The zero-order valence-electron chi connectivity index (χ0n) is 19.0. The molecule has 1 aliphatic rings. The Morgan fingerprint density at radius 1 is 1.41 bits per heavy atom. The number of thiophene rings is 1. The second-order valence-electron chi connectivity index (χ2n) is 8.28. The van der Waals surface area contributed by atoms with Gasteiger partial charge >= 0.3 is 0 Å². The predicted octanol–water partition coefficient (Wildman–Crippen LogP) is 7.05. The number of rotatable bonds is 7. The van der Waals surface area contributed by atoms with Crippen LogP contribution in [0.25, 0.3) is 0 Å². The Morgan fingerprint density at radius 2 is 2.24 bits per heavy atom. The summed E-state index contributed by atoms with van der Waals surface area (Å²) in [6.45, 7) is 4.23. The molecule has 2 atom stereocenters. The van der Waals surface area contributed by atoms with E-state index in [1.165, 1.54) is 16.6 Å². The van der Waals surface area contributed by atoms with Crippen LogP contribution in [-0.4, -0.2) is 22.4 Å². The van der Waals surface area contributed by atoms with Crippen LogP contribution in [0, 0.1) is 17.2 Å². The van der Waals surface area contributed by atoms with Crippen LogP contribution in [-0.2, 0) is 17.6 Å². The number of hydrogen-bond acceptors (Lipinski definition) is 6. The lowest BCUT2D eigenvalue weighted by Gasteiger charge is -2.17. The van der Waals surface area contributed by atoms with Gasteiger partial charge in [-0.05, 0) is 61.4 Å². The van der Waals surface area contributed by atoms with Crippen LogP contribution >= 0.6 is 34.7 Å². The largest absolute Gasteiger partial charge is 0.316 e. The van der Waals surface area contributed by atoms with E-state index in [-0.39, 0.29) is 11.2 Å². The van der Waals surface area contributed by atoms with Crippen molar-refractivity contribution < 1.29 is 4.79 Å². The fraction of sp³-hybridized carbons (Fsp3) is 0.308. The number of nitrogens with zero attached hydrogens (tertiary/aromatic N) is 3. The number of para-hydroxylation sites is 1. The van der Waals surface area contributed by atoms with Gasteiger partial charge < -0.3 is 5.32 Å². The van der Waals surface area contributed by atoms with Gasteiger partial charge in [0.25, 0.3) is 0 Å². The van der Waals surface area contributed by atoms with Gasteiger partial charge in [0.15, 0.2) is 0 Å². The number of halogens is 1. The number of nitrogens with one attached hydrogen (secondary N) is 1. The number of anilines is 1. The van der Waals surface area contributed by atoms with Gasteiger partial charge in [-0.2, -0.15) is 5.26 Å². The fourth-order valence-electron chi connectivity index (χ4n) is 3.92. The molecule has 0 radical (unpaired) electrons. The van der Waals surface area contributed by atoms with E-state index in [1.807, 2.05) is 43.3 Å². The smallest absolute Gasteiger partial charge is 0.238 e. The number of fused-ring (bicyclic) bond motifs is 1. The van der Waals surface area contributed by atoms with Crippen LogP contribution in [0.2, 0.25) is 5.15 Å². The number of thioether (sulfide) groups is 1. The third-order valence-electron chi connectivity index (χ3n) is 5.79. The summed E-state index contributed by atoms with van der Waals surface area (Å²) >= 11 is 9.18. The number of amides is 1. The Hall–Kier alpha value is -2.66. The van der Waals surface area contributed by atoms with E-state index in [9.17, 15) is 10.1 Å². The van der Waals surface area contributed by atoms with Gasteiger partial charge in [-0.3, -0.25) is 9.79 Å². The summed E-state index contributed by atoms with van der Waals surface area (Å²) in [6, 6.07) is 13.7. The minimum Gasteiger partial charge on any atom is -0.316 e. The van der Waals surface area contributed by atoms with Crippen molar-refractivity contribution in [1.29, 1.82) is 5.26 Å². The molecule has 4 rings (SSSR count). The molecule has 8 heteroatoms. The normalized spacial score (nSPS) is 16.1. The molecule has 0 saturated carbocycles. The van der Waals surface area contributed by atoms with E-state index in [0.717, 1.165) is 41.0 Å². The van der Waals surface area contributed by atoms with Crippen molar-refractivity contribution in [2.24, 2.45) is 10.9 Å². The highest BCUT2D eigenvalue weighted by atomic mass is 35.5. The van der Waals surface area contributed by atoms with Gasteiger partial charge in [-0.1, -0.05) is 37.6 Å². The van der Waals surface area contributed by atoms with Crippen molar-refractivity contribution in [3.63, 3.8) is 0 Å². The number of carbonyl (C=O) groups is 1. The molecule has 0 unspecified atom stereocenters. The lowest BCUT2D eigenvalue weighted by molar-refractivity contribution is -0.115. The third kappa shape index (κ3) is 5.52. The van der Waals surface area contributed by atoms with Crippen molar-refractivity contribution in [3.8, 4) is 6.07 Å². The lowest BCUT2D eigenvalue weighted by atomic mass is 9.88. The number of aliphatic imine (C=N–C) groups is 1. The molecule has 1 amide bonds. The summed E-state index contributed by atoms with van der Waals surface area (Å²) in [5.74, 6) is 0.517. The van der Waals surface area contributed by atoms with E-state index in [4.69, 9.17) is 11.6 Å². The van der Waals surface area contributed by atoms with Crippen molar-refractivity contribution in [1.82, 2.24) is 4.98 Å². The molecule has 0 saturated heterocycles. The van der Waals surface area contributed by atoms with Crippen molar-refractivity contribution in [3.05, 3.63) is 69.3 Å². The van der Waals surface area contributed by atoms with E-state index in [1.54, 1.807) is 23.7 Å². The molecule has 5 nitrogen and oxygen atoms in total. The summed E-state index contributed by atoms with van der Waals surface area (Å²) in [5, 5.41) is 13.6. The van der Waals surface area contributed by atoms with Gasteiger partial charge in [0.05, 0.1) is 16.5 Å². The number of pyridine rings is 1. The zero-order chi connectivity index (χ0) is 24.1. The molecule has 2 heterocycles. The van der Waals surface area contributed by atoms with Crippen molar-refractivity contribution in [2.75, 3.05) is 5.32 Å². The SMILES string of the molecule is CC[C@@H](Sc1ccccc1N=Cc1cccnc1Cl)C(=O)Nc1sc2c(c1C#N)CC[C@H](C)C2. The molecule has 0 fully saturated rings. The molecule has 1 aliphatic carbocycles. The standard InChI is InChI=1S/C26H25ClN4OS2/c1-3-21(25(32)31-26-19(14-28)18-11-10-16(2)13-23(18)34-26)33-22-9-5-4-8-20(22)30-15-17-7-6-12-29-24(17)27/h4-9,12,15-16,21H,3,10-11,13H2,1-2H3,(H,31,32)/t16-,21+/m0/s1. The first-order valence-electron chi connectivity index (χ1n) is 11.3. The van der Waals surface area contributed by atoms with Gasteiger partial charge in [0.2, 0.25) is 5.91 Å². The van der Waals surface area contributed by atoms with Crippen LogP contribution in [0.1, 0.15) is 48.3 Å². The Kier molecular flexibility index (Phi) is 8.04. The van der Waals surface area contributed by atoms with Gasteiger partial charge in [-0.25, -0.2) is 4.98 Å². The molecular weight excluding hydrogens is 484 g/mol. The van der Waals surface area contributed by atoms with E-state index >= 15 is 0 Å². The van der Waals surface area contributed by atoms with Crippen LogP contribution in [0.5, 0.6) is 0 Å². The molecule has 3 aromatic rings. The van der Waals surface area contributed by atoms with Crippen LogP contribution in [0.15, 0.2) is 52.5 Å². The minimum absolute atomic E-state index is 0.0928. The first kappa shape index (κ1) is 24.5. The summed E-state index contributed by atoms with van der Waals surface area (Å²) in [7, 11) is 0. The van der Waals surface area contributed by atoms with E-state index < -0.39 is 0 Å². The molecule has 1 N–H and O–H groups in total. The highest BCUT2D eigenvalue weighted by molar-refractivity contribution is 8.00. The number of benzene rings is 1. The highest BCUT2D eigenvalue weighted by Gasteiger charge is 2.26. The quantitative estimate of drug-likeness (QED) is 0.210. The minimum atomic E-state index is -0.317. The average Bonchev–Trinajstić information content (AvgIpc) is 3.18. The van der Waals surface area contributed by atoms with Crippen molar-refractivity contribution >= 4 is 57.5 Å². The average molecular weight is 509 g/mol. The first-order valence-corrected chi connectivity index (χ1v) is 13.3. The van der Waals surface area contributed by atoms with E-state index in [2.05, 4.69) is 28.3 Å². The number of carbonyl (C=O) groups excluding carboxylic acids is 1. The van der Waals surface area contributed by atoms with Crippen molar-refractivity contribution in [2.45, 2.75) is 49.7 Å². The van der Waals surface area contributed by atoms with Crippen LogP contribution < -0.4 is 5.32 Å². The van der Waals surface area contributed by atoms with Gasteiger partial charge in [0.1, 0.15) is 16.2 Å². The van der Waals surface area contributed by atoms with Gasteiger partial charge in [-0.15, -0.1) is 23.1 Å². The molecule has 0 bridgehead atoms. The maximum absolute atomic E-state index is 13.2. The Labute approximate surface area is 213 Å². The number of nitriles is 1. The highest BCUT2D eigenvalue weighted by Crippen LogP contribution is 2.40. The Morgan fingerprint density at radius 3 is 3.00 bits per heavy atom. The Balaban J connectivity index is 1.52. The second kappa shape index (κ2) is 11.2. The molecule has 1 aromatic carbocycles. The molecular formula is C26H25ClN4OS2. The summed E-state index contributed by atoms with van der Waals surface area (Å²) in [6.07, 6.45) is 6.93. The lowest BCUT2D eigenvalue weighted by Crippen LogP contribution is -2.24. The van der Waals surface area contributed by atoms with E-state index in [0.29, 0.717) is 28.1 Å². The third-order valence-corrected chi connectivity index (χ3v) is 8.71. The summed E-state index contributed by atoms with van der Waals surface area (Å²) < 4.78 is 0. The summed E-state index contributed by atoms with van der Waals surface area (Å²) in [4.78, 5) is 24.0. The topological polar surface area (TPSA) is 78.1 Å². The monoisotopic (exact) mass is 508 g/mol. The molecule has 174 valence electrons. The zero-order valence-corrected chi connectivity index (χ0v) is 21.4. The fourth-order valence-corrected chi connectivity index (χ4v) is 6.49. The maximum Gasteiger partial charge on any atom is 0.238 e. The molecule has 0 aliphatic heterocycles. The van der Waals surface area contributed by atoms with Crippen LogP contribution in [0.4, 0.5) is 10.7 Å². The van der Waals surface area contributed by atoms with Crippen LogP contribution in [0.3, 0.4) is 0 Å².